The second kappa shape index (κ2) is 10.0. The van der Waals surface area contributed by atoms with Gasteiger partial charge in [0, 0.05) is 24.3 Å². The van der Waals surface area contributed by atoms with Crippen molar-refractivity contribution < 1.29 is 18.7 Å². The van der Waals surface area contributed by atoms with E-state index in [0.29, 0.717) is 47.4 Å². The lowest BCUT2D eigenvalue weighted by atomic mass is 9.91. The second-order valence-corrected chi connectivity index (χ2v) is 9.22. The number of rotatable bonds is 8. The summed E-state index contributed by atoms with van der Waals surface area (Å²) in [4.78, 5) is 29.3. The monoisotopic (exact) mass is 491 g/mol. The van der Waals surface area contributed by atoms with E-state index in [2.05, 4.69) is 31.7 Å². The van der Waals surface area contributed by atoms with Gasteiger partial charge < -0.3 is 25.1 Å². The Balaban J connectivity index is 1.41. The van der Waals surface area contributed by atoms with Crippen molar-refractivity contribution in [2.24, 2.45) is 5.41 Å². The third kappa shape index (κ3) is 5.19. The van der Waals surface area contributed by atoms with Crippen molar-refractivity contribution in [2.45, 2.75) is 38.5 Å². The molecule has 186 valence electrons. The summed E-state index contributed by atoms with van der Waals surface area (Å²) in [5.41, 5.74) is 1.56. The van der Waals surface area contributed by atoms with Crippen molar-refractivity contribution in [1.29, 1.82) is 5.26 Å². The third-order valence-corrected chi connectivity index (χ3v) is 6.06. The van der Waals surface area contributed by atoms with Gasteiger partial charge in [-0.25, -0.2) is 19.3 Å². The number of anilines is 1. The maximum atomic E-state index is 13.6. The van der Waals surface area contributed by atoms with Crippen LogP contribution in [-0.4, -0.2) is 51.6 Å². The average molecular weight is 492 g/mol. The van der Waals surface area contributed by atoms with Crippen LogP contribution < -0.4 is 10.6 Å². The summed E-state index contributed by atoms with van der Waals surface area (Å²) < 4.78 is 25.5. The number of imidazole rings is 1. The van der Waals surface area contributed by atoms with Crippen molar-refractivity contribution in [2.75, 3.05) is 25.1 Å². The highest BCUT2D eigenvalue weighted by Crippen LogP contribution is 2.36. The molecule has 1 amide bonds. The molecular weight excluding hydrogens is 465 g/mol. The van der Waals surface area contributed by atoms with Crippen molar-refractivity contribution in [3.63, 3.8) is 0 Å². The summed E-state index contributed by atoms with van der Waals surface area (Å²) in [7, 11) is 0. The largest absolute Gasteiger partial charge is 0.353 e. The van der Waals surface area contributed by atoms with Crippen LogP contribution >= 0.6 is 0 Å². The van der Waals surface area contributed by atoms with Gasteiger partial charge >= 0.3 is 0 Å². The number of hydrogen-bond acceptors (Lipinski definition) is 8. The lowest BCUT2D eigenvalue weighted by Gasteiger charge is -2.35. The molecule has 5 rings (SSSR count). The highest BCUT2D eigenvalue weighted by Gasteiger charge is 2.42. The van der Waals surface area contributed by atoms with E-state index < -0.39 is 11.7 Å². The first-order valence-electron chi connectivity index (χ1n) is 11.8. The summed E-state index contributed by atoms with van der Waals surface area (Å²) in [5, 5.41) is 14.8. The number of carbonyl (C=O) groups excluding carboxylic acids is 1. The van der Waals surface area contributed by atoms with Crippen LogP contribution in [0.1, 0.15) is 38.3 Å². The molecule has 3 heterocycles. The Hall–Kier alpha value is -3.88. The highest BCUT2D eigenvalue weighted by atomic mass is 19.1. The predicted molar refractivity (Wildman–Crippen MR) is 128 cm³/mol. The molecule has 10 nitrogen and oxygen atoms in total. The van der Waals surface area contributed by atoms with Gasteiger partial charge in [0.2, 0.25) is 18.1 Å². The summed E-state index contributed by atoms with van der Waals surface area (Å²) in [6.45, 7) is 2.59. The number of H-pyrrole nitrogens is 1. The molecule has 11 heteroatoms. The van der Waals surface area contributed by atoms with Crippen LogP contribution in [0.4, 0.5) is 10.3 Å². The molecule has 1 aliphatic heterocycles. The SMILES string of the molecule is CC1(C(=O)NC2CC2)COC(c2nc(-c3ccc(F)cc3)c(-c3ccnc(NCCC#N)n3)[nH]2)OC1. The molecule has 1 saturated heterocycles. The average Bonchev–Trinajstić information content (AvgIpc) is 3.59. The lowest BCUT2D eigenvalue weighted by molar-refractivity contribution is -0.231. The zero-order valence-electron chi connectivity index (χ0n) is 19.8. The maximum Gasteiger partial charge on any atom is 0.230 e. The Morgan fingerprint density at radius 2 is 1.97 bits per heavy atom. The third-order valence-electron chi connectivity index (χ3n) is 6.06. The van der Waals surface area contributed by atoms with Crippen molar-refractivity contribution in [1.82, 2.24) is 25.3 Å². The first kappa shape index (κ1) is 23.8. The molecule has 2 fully saturated rings. The van der Waals surface area contributed by atoms with Crippen LogP contribution in [0, 0.1) is 22.6 Å². The molecule has 1 saturated carbocycles. The highest BCUT2D eigenvalue weighted by molar-refractivity contribution is 5.83. The topological polar surface area (TPSA) is 138 Å². The molecule has 1 aliphatic carbocycles. The van der Waals surface area contributed by atoms with Gasteiger partial charge in [-0.15, -0.1) is 0 Å². The molecule has 3 aromatic rings. The van der Waals surface area contributed by atoms with Crippen LogP contribution in [0.5, 0.6) is 0 Å². The van der Waals surface area contributed by atoms with Crippen LogP contribution in [0.2, 0.25) is 0 Å². The van der Waals surface area contributed by atoms with E-state index >= 15 is 0 Å². The lowest BCUT2D eigenvalue weighted by Crippen LogP contribution is -2.49. The number of carbonyl (C=O) groups is 1. The van der Waals surface area contributed by atoms with E-state index in [1.807, 2.05) is 6.92 Å². The van der Waals surface area contributed by atoms with Crippen LogP contribution in [0.3, 0.4) is 0 Å². The van der Waals surface area contributed by atoms with Gasteiger partial charge in [0.25, 0.3) is 0 Å². The number of hydrogen-bond donors (Lipinski definition) is 3. The number of aromatic amines is 1. The van der Waals surface area contributed by atoms with E-state index in [1.165, 1.54) is 12.1 Å². The zero-order chi connectivity index (χ0) is 25.1. The predicted octanol–water partition coefficient (Wildman–Crippen LogP) is 3.33. The molecule has 3 N–H and O–H groups in total. The number of nitrogens with one attached hydrogen (secondary N) is 3. The first-order chi connectivity index (χ1) is 17.4. The molecule has 1 aromatic carbocycles. The van der Waals surface area contributed by atoms with Crippen LogP contribution in [-0.2, 0) is 14.3 Å². The minimum Gasteiger partial charge on any atom is -0.353 e. The number of amides is 1. The molecule has 0 spiro atoms. The molecule has 36 heavy (non-hydrogen) atoms. The number of benzene rings is 1. The van der Waals surface area contributed by atoms with E-state index in [0.717, 1.165) is 12.8 Å². The van der Waals surface area contributed by atoms with Crippen molar-refractivity contribution in [3.05, 3.63) is 48.2 Å². The first-order valence-corrected chi connectivity index (χ1v) is 11.8. The van der Waals surface area contributed by atoms with Gasteiger partial charge in [0.1, 0.15) is 5.82 Å². The Labute approximate surface area is 207 Å². The summed E-state index contributed by atoms with van der Waals surface area (Å²) in [6, 6.07) is 10.0. The second-order valence-electron chi connectivity index (χ2n) is 9.22. The van der Waals surface area contributed by atoms with Gasteiger partial charge in [0.15, 0.2) is 5.82 Å². The standard InChI is InChI=1S/C25H26FN7O3/c1-25(23(34)30-17-7-8-17)13-35-22(36-14-25)21-32-19(15-3-5-16(26)6-4-15)20(33-21)18-9-12-29-24(31-18)28-11-2-10-27/h3-6,9,12,17,22H,2,7-8,11,13-14H2,1H3,(H,30,34)(H,32,33)(H,28,29,31). The minimum atomic E-state index is -0.810. The number of halogens is 1. The van der Waals surface area contributed by atoms with Crippen LogP contribution in [0.15, 0.2) is 36.5 Å². The summed E-state index contributed by atoms with van der Waals surface area (Å²) in [5.74, 6) is 0.343. The van der Waals surface area contributed by atoms with E-state index in [9.17, 15) is 9.18 Å². The van der Waals surface area contributed by atoms with Crippen molar-refractivity contribution in [3.8, 4) is 28.7 Å². The van der Waals surface area contributed by atoms with Gasteiger partial charge in [-0.05, 0) is 50.1 Å². The fraction of sp³-hybridized carbons (Fsp3) is 0.400. The molecular formula is C25H26FN7O3. The summed E-state index contributed by atoms with van der Waals surface area (Å²) >= 11 is 0. The fourth-order valence-electron chi connectivity index (χ4n) is 3.80. The van der Waals surface area contributed by atoms with Crippen LogP contribution in [0.25, 0.3) is 22.6 Å². The van der Waals surface area contributed by atoms with E-state index in [-0.39, 0.29) is 31.0 Å². The van der Waals surface area contributed by atoms with Gasteiger partial charge in [-0.1, -0.05) is 0 Å². The molecule has 0 unspecified atom stereocenters. The Bertz CT molecular complexity index is 1280. The summed E-state index contributed by atoms with van der Waals surface area (Å²) in [6.07, 6.45) is 3.12. The molecule has 2 aromatic heterocycles. The molecule has 0 atom stereocenters. The van der Waals surface area contributed by atoms with Gasteiger partial charge in [0.05, 0.1) is 48.2 Å². The zero-order valence-corrected chi connectivity index (χ0v) is 19.8. The molecule has 0 radical (unpaired) electrons. The van der Waals surface area contributed by atoms with Gasteiger partial charge in [-0.2, -0.15) is 5.26 Å². The number of ether oxygens (including phenoxy) is 2. The minimum absolute atomic E-state index is 0.0759. The Morgan fingerprint density at radius 3 is 2.67 bits per heavy atom. The number of nitrogens with zero attached hydrogens (tertiary/aromatic N) is 4. The number of aromatic nitrogens is 4. The fourth-order valence-corrected chi connectivity index (χ4v) is 3.80. The Morgan fingerprint density at radius 1 is 1.22 bits per heavy atom. The normalized spacial score (nSPS) is 21.5. The van der Waals surface area contributed by atoms with Crippen molar-refractivity contribution >= 4 is 11.9 Å². The quantitative estimate of drug-likeness (QED) is 0.408. The molecule has 0 bridgehead atoms. The van der Waals surface area contributed by atoms with E-state index in [1.54, 1.807) is 24.4 Å². The molecule has 2 aliphatic rings. The van der Waals surface area contributed by atoms with Gasteiger partial charge in [-0.3, -0.25) is 4.79 Å². The maximum absolute atomic E-state index is 13.6. The smallest absolute Gasteiger partial charge is 0.230 e. The Kier molecular flexibility index (Phi) is 6.63. The number of nitriles is 1. The van der Waals surface area contributed by atoms with E-state index in [4.69, 9.17) is 19.7 Å².